The molecule has 0 atom stereocenters. The number of morpholine rings is 1. The Morgan fingerprint density at radius 3 is 2.24 bits per heavy atom. The van der Waals surface area contributed by atoms with Gasteiger partial charge in [0.05, 0.1) is 52.5 Å². The smallest absolute Gasteiger partial charge is 0.246 e. The highest BCUT2D eigenvalue weighted by Gasteiger charge is 2.32. The molecule has 1 aromatic heterocycles. The van der Waals surface area contributed by atoms with Gasteiger partial charge in [0, 0.05) is 37.3 Å². The second-order valence-corrected chi connectivity index (χ2v) is 9.33. The van der Waals surface area contributed by atoms with Gasteiger partial charge in [0.2, 0.25) is 21.7 Å². The van der Waals surface area contributed by atoms with Gasteiger partial charge in [-0.3, -0.25) is 9.48 Å². The Kier molecular flexibility index (Phi) is 7.82. The number of hydrogen-bond donors (Lipinski definition) is 1. The number of nitrogens with zero attached hydrogens (tertiary/aromatic N) is 3. The number of hydrogen-bond acceptors (Lipinski definition) is 8. The van der Waals surface area contributed by atoms with Gasteiger partial charge >= 0.3 is 0 Å². The van der Waals surface area contributed by atoms with Gasteiger partial charge in [-0.15, -0.1) is 0 Å². The van der Waals surface area contributed by atoms with Crippen LogP contribution >= 0.6 is 0 Å². The molecule has 0 unspecified atom stereocenters. The molecule has 2 aromatic rings. The Labute approximate surface area is 193 Å². The first-order valence-corrected chi connectivity index (χ1v) is 11.9. The summed E-state index contributed by atoms with van der Waals surface area (Å²) in [6.45, 7) is 4.94. The number of carbonyl (C=O) groups excluding carboxylic acids is 1. The first-order chi connectivity index (χ1) is 15.7. The lowest BCUT2D eigenvalue weighted by molar-refractivity contribution is -0.116. The summed E-state index contributed by atoms with van der Waals surface area (Å²) in [4.78, 5) is 12.8. The molecule has 1 aliphatic heterocycles. The average molecular weight is 483 g/mol. The number of aryl methyl sites for hydroxylation is 2. The van der Waals surface area contributed by atoms with Crippen LogP contribution in [0, 0.1) is 13.8 Å². The molecule has 0 saturated carbocycles. The summed E-state index contributed by atoms with van der Waals surface area (Å²) in [6.07, 6.45) is 0.0929. The Hall–Kier alpha value is -2.83. The molecule has 1 amide bonds. The first-order valence-electron chi connectivity index (χ1n) is 10.4. The Bertz CT molecular complexity index is 1080. The standard InChI is InChI=1S/C21H30N4O7S/c1-14-21(33(27,28)24-8-10-32-11-9-24)15(2)25(23-14)7-6-19(26)22-16-12-17(29-3)20(31-5)18(13-16)30-4/h12-13H,6-11H2,1-5H3,(H,22,26). The van der Waals surface area contributed by atoms with Gasteiger partial charge in [-0.25, -0.2) is 8.42 Å². The third kappa shape index (κ3) is 5.23. The molecular formula is C21H30N4O7S. The molecule has 3 rings (SSSR count). The highest BCUT2D eigenvalue weighted by atomic mass is 32.2. The summed E-state index contributed by atoms with van der Waals surface area (Å²) >= 11 is 0. The lowest BCUT2D eigenvalue weighted by Crippen LogP contribution is -2.41. The van der Waals surface area contributed by atoms with Gasteiger partial charge in [-0.05, 0) is 13.8 Å². The number of benzene rings is 1. The van der Waals surface area contributed by atoms with Crippen LogP contribution in [-0.4, -0.2) is 76.0 Å². The minimum Gasteiger partial charge on any atom is -0.493 e. The minimum atomic E-state index is -3.68. The maximum atomic E-state index is 13.1. The van der Waals surface area contributed by atoms with E-state index in [1.807, 2.05) is 0 Å². The molecule has 1 N–H and O–H groups in total. The molecule has 12 heteroatoms. The van der Waals surface area contributed by atoms with Crippen molar-refractivity contribution in [2.24, 2.45) is 0 Å². The minimum absolute atomic E-state index is 0.0929. The van der Waals surface area contributed by atoms with Crippen molar-refractivity contribution in [3.8, 4) is 17.2 Å². The van der Waals surface area contributed by atoms with E-state index in [9.17, 15) is 13.2 Å². The summed E-state index contributed by atoms with van der Waals surface area (Å²) in [6, 6.07) is 3.27. The van der Waals surface area contributed by atoms with Crippen molar-refractivity contribution in [3.05, 3.63) is 23.5 Å². The van der Waals surface area contributed by atoms with E-state index in [2.05, 4.69) is 10.4 Å². The fraction of sp³-hybridized carbons (Fsp3) is 0.524. The zero-order chi connectivity index (χ0) is 24.2. The summed E-state index contributed by atoms with van der Waals surface area (Å²) in [5.41, 5.74) is 1.39. The number of amides is 1. The second kappa shape index (κ2) is 10.4. The van der Waals surface area contributed by atoms with E-state index in [1.54, 1.807) is 30.7 Å². The highest BCUT2D eigenvalue weighted by molar-refractivity contribution is 7.89. The first kappa shape index (κ1) is 24.8. The summed E-state index contributed by atoms with van der Waals surface area (Å²) in [5.74, 6) is 0.997. The molecule has 11 nitrogen and oxygen atoms in total. The van der Waals surface area contributed by atoms with E-state index in [4.69, 9.17) is 18.9 Å². The number of anilines is 1. The number of carbonyl (C=O) groups is 1. The molecule has 1 aromatic carbocycles. The SMILES string of the molecule is COc1cc(NC(=O)CCn2nc(C)c(S(=O)(=O)N3CCOCC3)c2C)cc(OC)c1OC. The molecule has 0 aliphatic carbocycles. The largest absolute Gasteiger partial charge is 0.493 e. The number of nitrogens with one attached hydrogen (secondary N) is 1. The molecule has 182 valence electrons. The number of rotatable bonds is 9. The zero-order valence-electron chi connectivity index (χ0n) is 19.5. The van der Waals surface area contributed by atoms with Crippen molar-refractivity contribution in [3.63, 3.8) is 0 Å². The van der Waals surface area contributed by atoms with Gasteiger partial charge < -0.3 is 24.3 Å². The van der Waals surface area contributed by atoms with Crippen LogP contribution in [0.4, 0.5) is 5.69 Å². The summed E-state index contributed by atoms with van der Waals surface area (Å²) in [7, 11) is 0.807. The van der Waals surface area contributed by atoms with E-state index in [0.717, 1.165) is 0 Å². The van der Waals surface area contributed by atoms with Crippen LogP contribution in [0.15, 0.2) is 17.0 Å². The molecule has 33 heavy (non-hydrogen) atoms. The number of sulfonamides is 1. The Balaban J connectivity index is 1.72. The maximum Gasteiger partial charge on any atom is 0.246 e. The van der Waals surface area contributed by atoms with Gasteiger partial charge in [0.25, 0.3) is 0 Å². The molecule has 1 saturated heterocycles. The van der Waals surface area contributed by atoms with E-state index < -0.39 is 10.0 Å². The molecule has 2 heterocycles. The lowest BCUT2D eigenvalue weighted by atomic mass is 10.2. The van der Waals surface area contributed by atoms with Crippen molar-refractivity contribution in [1.82, 2.24) is 14.1 Å². The second-order valence-electron chi connectivity index (χ2n) is 7.45. The Morgan fingerprint density at radius 1 is 1.09 bits per heavy atom. The monoisotopic (exact) mass is 482 g/mol. The van der Waals surface area contributed by atoms with E-state index in [1.165, 1.54) is 25.6 Å². The fourth-order valence-electron chi connectivity index (χ4n) is 3.77. The van der Waals surface area contributed by atoms with Crippen LogP contribution in [0.2, 0.25) is 0 Å². The van der Waals surface area contributed by atoms with Crippen LogP contribution in [0.3, 0.4) is 0 Å². The Morgan fingerprint density at radius 2 is 1.70 bits per heavy atom. The average Bonchev–Trinajstić information content (AvgIpc) is 3.10. The zero-order valence-corrected chi connectivity index (χ0v) is 20.3. The predicted octanol–water partition coefficient (Wildman–Crippen LogP) is 1.58. The van der Waals surface area contributed by atoms with Crippen LogP contribution in [0.25, 0.3) is 0 Å². The van der Waals surface area contributed by atoms with Gasteiger partial charge in [-0.1, -0.05) is 0 Å². The van der Waals surface area contributed by atoms with Crippen molar-refractivity contribution >= 4 is 21.6 Å². The van der Waals surface area contributed by atoms with Crippen LogP contribution in [-0.2, 0) is 26.1 Å². The number of aromatic nitrogens is 2. The maximum absolute atomic E-state index is 13.1. The predicted molar refractivity (Wildman–Crippen MR) is 121 cm³/mol. The molecule has 0 radical (unpaired) electrons. The highest BCUT2D eigenvalue weighted by Crippen LogP contribution is 2.40. The molecular weight excluding hydrogens is 452 g/mol. The molecule has 0 spiro atoms. The number of methoxy groups -OCH3 is 3. The van der Waals surface area contributed by atoms with Crippen molar-refractivity contribution in [2.45, 2.75) is 31.7 Å². The van der Waals surface area contributed by atoms with Crippen LogP contribution < -0.4 is 19.5 Å². The van der Waals surface area contributed by atoms with Gasteiger partial charge in [-0.2, -0.15) is 9.40 Å². The topological polar surface area (TPSA) is 121 Å². The lowest BCUT2D eigenvalue weighted by Gasteiger charge is -2.26. The summed E-state index contributed by atoms with van der Waals surface area (Å²) in [5, 5.41) is 7.17. The van der Waals surface area contributed by atoms with Crippen molar-refractivity contribution < 1.29 is 32.2 Å². The fourth-order valence-corrected chi connectivity index (χ4v) is 5.55. The molecule has 0 bridgehead atoms. The van der Waals surface area contributed by atoms with Crippen molar-refractivity contribution in [1.29, 1.82) is 0 Å². The third-order valence-corrected chi connectivity index (χ3v) is 7.53. The van der Waals surface area contributed by atoms with E-state index in [0.29, 0.717) is 60.6 Å². The normalized spacial score (nSPS) is 14.7. The van der Waals surface area contributed by atoms with E-state index in [-0.39, 0.29) is 23.8 Å². The molecule has 1 fully saturated rings. The van der Waals surface area contributed by atoms with Crippen LogP contribution in [0.1, 0.15) is 17.8 Å². The van der Waals surface area contributed by atoms with Gasteiger partial charge in [0.15, 0.2) is 11.5 Å². The number of ether oxygens (including phenoxy) is 4. The third-order valence-electron chi connectivity index (χ3n) is 5.38. The molecule has 1 aliphatic rings. The summed E-state index contributed by atoms with van der Waals surface area (Å²) < 4.78 is 50.3. The van der Waals surface area contributed by atoms with E-state index >= 15 is 0 Å². The van der Waals surface area contributed by atoms with Gasteiger partial charge in [0.1, 0.15) is 4.90 Å². The van der Waals surface area contributed by atoms with Crippen LogP contribution in [0.5, 0.6) is 17.2 Å². The van der Waals surface area contributed by atoms with Crippen molar-refractivity contribution in [2.75, 3.05) is 52.9 Å². The quantitative estimate of drug-likeness (QED) is 0.572.